The Labute approximate surface area is 154 Å². The van der Waals surface area contributed by atoms with Crippen LogP contribution in [0, 0.1) is 0 Å². The molecule has 7 heteroatoms. The molecule has 0 aliphatic rings. The van der Waals surface area contributed by atoms with Gasteiger partial charge in [0.2, 0.25) is 0 Å². The number of anilines is 1. The topological polar surface area (TPSA) is 59.0 Å². The Bertz CT molecular complexity index is 885. The zero-order chi connectivity index (χ0) is 17.8. The number of benzene rings is 1. The third kappa shape index (κ3) is 4.41. The number of halogens is 1. The first kappa shape index (κ1) is 17.5. The van der Waals surface area contributed by atoms with Gasteiger partial charge in [0, 0.05) is 36.3 Å². The van der Waals surface area contributed by atoms with E-state index in [1.807, 2.05) is 43.3 Å². The van der Waals surface area contributed by atoms with Crippen molar-refractivity contribution in [3.63, 3.8) is 0 Å². The fourth-order valence-corrected chi connectivity index (χ4v) is 3.35. The molecule has 0 N–H and O–H groups in total. The van der Waals surface area contributed by atoms with E-state index < -0.39 is 10.8 Å². The van der Waals surface area contributed by atoms with Crippen molar-refractivity contribution in [3.8, 4) is 11.5 Å². The van der Waals surface area contributed by atoms with Crippen LogP contribution in [0.1, 0.15) is 5.69 Å². The lowest BCUT2D eigenvalue weighted by molar-refractivity contribution is 0.682. The second-order valence-electron chi connectivity index (χ2n) is 5.59. The third-order valence-corrected chi connectivity index (χ3v) is 5.08. The van der Waals surface area contributed by atoms with E-state index in [0.29, 0.717) is 32.9 Å². The van der Waals surface area contributed by atoms with Crippen LogP contribution in [-0.4, -0.2) is 33.3 Å². The lowest BCUT2D eigenvalue weighted by Crippen LogP contribution is -2.13. The molecule has 0 amide bonds. The SMILES string of the molecule is CN(C)c1cc(C[S@@](=O)c2ccc(Cl)cc2)nc(-c2ccccn2)n1. The summed E-state index contributed by atoms with van der Waals surface area (Å²) in [5.41, 5.74) is 1.39. The summed E-state index contributed by atoms with van der Waals surface area (Å²) in [6.07, 6.45) is 1.70. The molecule has 1 atom stereocenters. The molecule has 0 saturated carbocycles. The highest BCUT2D eigenvalue weighted by molar-refractivity contribution is 7.84. The maximum absolute atomic E-state index is 12.6. The van der Waals surface area contributed by atoms with Crippen molar-refractivity contribution in [1.82, 2.24) is 15.0 Å². The standard InChI is InChI=1S/C18H17ClN4OS/c1-23(2)17-11-14(12-25(24)15-8-6-13(19)7-9-15)21-18(22-17)16-5-3-4-10-20-16/h3-11H,12H2,1-2H3/t25-/m1/s1. The van der Waals surface area contributed by atoms with Gasteiger partial charge in [-0.2, -0.15) is 0 Å². The molecule has 0 saturated heterocycles. The second kappa shape index (κ2) is 7.72. The van der Waals surface area contributed by atoms with E-state index in [-0.39, 0.29) is 0 Å². The van der Waals surface area contributed by atoms with Gasteiger partial charge in [-0.15, -0.1) is 0 Å². The second-order valence-corrected chi connectivity index (χ2v) is 7.48. The molecule has 2 aromatic heterocycles. The van der Waals surface area contributed by atoms with Gasteiger partial charge >= 0.3 is 0 Å². The number of pyridine rings is 1. The van der Waals surface area contributed by atoms with Crippen LogP contribution in [0.5, 0.6) is 0 Å². The molecule has 5 nitrogen and oxygen atoms in total. The van der Waals surface area contributed by atoms with Gasteiger partial charge in [0.25, 0.3) is 0 Å². The highest BCUT2D eigenvalue weighted by atomic mass is 35.5. The van der Waals surface area contributed by atoms with Gasteiger partial charge in [0.1, 0.15) is 11.5 Å². The van der Waals surface area contributed by atoms with Crippen LogP contribution in [0.15, 0.2) is 59.6 Å². The normalized spacial score (nSPS) is 12.0. The molecular formula is C18H17ClN4OS. The molecule has 0 bridgehead atoms. The minimum Gasteiger partial charge on any atom is -0.363 e. The van der Waals surface area contributed by atoms with Crippen LogP contribution in [0.3, 0.4) is 0 Å². The van der Waals surface area contributed by atoms with Gasteiger partial charge in [0.15, 0.2) is 5.82 Å². The molecule has 0 unspecified atom stereocenters. The molecule has 3 rings (SSSR count). The van der Waals surface area contributed by atoms with Crippen LogP contribution in [-0.2, 0) is 16.6 Å². The Morgan fingerprint density at radius 2 is 1.84 bits per heavy atom. The maximum Gasteiger partial charge on any atom is 0.180 e. The smallest absolute Gasteiger partial charge is 0.180 e. The van der Waals surface area contributed by atoms with E-state index in [4.69, 9.17) is 11.6 Å². The maximum atomic E-state index is 12.6. The van der Waals surface area contributed by atoms with Gasteiger partial charge in [-0.1, -0.05) is 17.7 Å². The number of hydrogen-bond acceptors (Lipinski definition) is 5. The molecule has 3 aromatic rings. The molecule has 0 fully saturated rings. The lowest BCUT2D eigenvalue weighted by Gasteiger charge is -2.14. The molecule has 25 heavy (non-hydrogen) atoms. The van der Waals surface area contributed by atoms with Crippen molar-refractivity contribution in [2.45, 2.75) is 10.6 Å². The summed E-state index contributed by atoms with van der Waals surface area (Å²) >= 11 is 5.89. The average Bonchev–Trinajstić information content (AvgIpc) is 2.62. The highest BCUT2D eigenvalue weighted by Crippen LogP contribution is 2.20. The Hall–Kier alpha value is -2.31. The van der Waals surface area contributed by atoms with E-state index in [1.54, 1.807) is 30.5 Å². The van der Waals surface area contributed by atoms with Gasteiger partial charge in [-0.25, -0.2) is 9.97 Å². The quantitative estimate of drug-likeness (QED) is 0.685. The summed E-state index contributed by atoms with van der Waals surface area (Å²) < 4.78 is 12.6. The first-order valence-electron chi connectivity index (χ1n) is 7.63. The summed E-state index contributed by atoms with van der Waals surface area (Å²) in [5, 5.41) is 0.620. The summed E-state index contributed by atoms with van der Waals surface area (Å²) in [5.74, 6) is 1.57. The van der Waals surface area contributed by atoms with Gasteiger partial charge in [-0.05, 0) is 36.4 Å². The molecule has 0 aliphatic heterocycles. The summed E-state index contributed by atoms with van der Waals surface area (Å²) in [7, 11) is 2.60. The number of rotatable bonds is 5. The zero-order valence-corrected chi connectivity index (χ0v) is 15.5. The van der Waals surface area contributed by atoms with Crippen molar-refractivity contribution < 1.29 is 4.21 Å². The Morgan fingerprint density at radius 3 is 2.48 bits per heavy atom. The van der Waals surface area contributed by atoms with Crippen molar-refractivity contribution in [2.75, 3.05) is 19.0 Å². The molecule has 0 radical (unpaired) electrons. The van der Waals surface area contributed by atoms with E-state index in [1.165, 1.54) is 0 Å². The van der Waals surface area contributed by atoms with E-state index in [9.17, 15) is 4.21 Å². The minimum atomic E-state index is -1.22. The fourth-order valence-electron chi connectivity index (χ4n) is 2.20. The van der Waals surface area contributed by atoms with Crippen molar-refractivity contribution in [3.05, 3.63) is 65.4 Å². The molecule has 2 heterocycles. The zero-order valence-electron chi connectivity index (χ0n) is 13.9. The molecule has 1 aromatic carbocycles. The first-order valence-corrected chi connectivity index (χ1v) is 9.33. The fraction of sp³-hybridized carbons (Fsp3) is 0.167. The minimum absolute atomic E-state index is 0.296. The molecule has 128 valence electrons. The summed E-state index contributed by atoms with van der Waals surface area (Å²) in [6, 6.07) is 14.4. The Morgan fingerprint density at radius 1 is 1.08 bits per heavy atom. The molecule has 0 aliphatic carbocycles. The number of nitrogens with zero attached hydrogens (tertiary/aromatic N) is 4. The van der Waals surface area contributed by atoms with Crippen LogP contribution in [0.2, 0.25) is 5.02 Å². The Kier molecular flexibility index (Phi) is 5.40. The first-order chi connectivity index (χ1) is 12.0. The van der Waals surface area contributed by atoms with Crippen molar-refractivity contribution >= 4 is 28.2 Å². The predicted octanol–water partition coefficient (Wildman–Crippen LogP) is 3.57. The summed E-state index contributed by atoms with van der Waals surface area (Å²) in [6.45, 7) is 0. The largest absolute Gasteiger partial charge is 0.363 e. The third-order valence-electron chi connectivity index (χ3n) is 3.47. The van der Waals surface area contributed by atoms with Crippen LogP contribution < -0.4 is 4.90 Å². The van der Waals surface area contributed by atoms with Gasteiger partial charge < -0.3 is 4.90 Å². The highest BCUT2D eigenvalue weighted by Gasteiger charge is 2.12. The summed E-state index contributed by atoms with van der Waals surface area (Å²) in [4.78, 5) is 16.0. The van der Waals surface area contributed by atoms with E-state index in [0.717, 1.165) is 5.82 Å². The molecule has 0 spiro atoms. The van der Waals surface area contributed by atoms with Crippen LogP contribution in [0.4, 0.5) is 5.82 Å². The van der Waals surface area contributed by atoms with Gasteiger partial charge in [0.05, 0.1) is 22.2 Å². The average molecular weight is 373 g/mol. The lowest BCUT2D eigenvalue weighted by atomic mass is 10.3. The van der Waals surface area contributed by atoms with Crippen LogP contribution >= 0.6 is 11.6 Å². The molecular weight excluding hydrogens is 356 g/mol. The van der Waals surface area contributed by atoms with Gasteiger partial charge in [-0.3, -0.25) is 9.19 Å². The van der Waals surface area contributed by atoms with Crippen molar-refractivity contribution in [1.29, 1.82) is 0 Å². The number of hydrogen-bond donors (Lipinski definition) is 0. The van der Waals surface area contributed by atoms with Crippen LogP contribution in [0.25, 0.3) is 11.5 Å². The van der Waals surface area contributed by atoms with E-state index in [2.05, 4.69) is 15.0 Å². The van der Waals surface area contributed by atoms with E-state index >= 15 is 0 Å². The van der Waals surface area contributed by atoms with Crippen molar-refractivity contribution in [2.24, 2.45) is 0 Å². The monoisotopic (exact) mass is 372 g/mol. The number of aromatic nitrogens is 3. The predicted molar refractivity (Wildman–Crippen MR) is 101 cm³/mol. The Balaban J connectivity index is 1.93.